The molecule has 19 heavy (non-hydrogen) atoms. The van der Waals surface area contributed by atoms with Crippen molar-refractivity contribution >= 4 is 5.97 Å². The number of benzene rings is 2. The van der Waals surface area contributed by atoms with Gasteiger partial charge in [0.2, 0.25) is 0 Å². The number of carboxylic acid groups (broad SMARTS) is 1. The molecule has 0 unspecified atom stereocenters. The molecule has 1 N–H and O–H groups in total. The number of rotatable bonds is 5. The standard InChI is InChI=1S/C16H14O3/c17-16(18)14(11-13-7-3-1-4-8-13)12-19-15-9-5-2-6-10-15/h1-10,12H,11H2,(H,17,18). The average Bonchev–Trinajstić information content (AvgIpc) is 2.45. The Hall–Kier alpha value is -2.55. The summed E-state index contributed by atoms with van der Waals surface area (Å²) in [5.74, 6) is -0.353. The van der Waals surface area contributed by atoms with Crippen LogP contribution < -0.4 is 4.74 Å². The fourth-order valence-corrected chi connectivity index (χ4v) is 1.62. The van der Waals surface area contributed by atoms with Crippen molar-refractivity contribution in [2.24, 2.45) is 0 Å². The van der Waals surface area contributed by atoms with Crippen LogP contribution in [0.2, 0.25) is 0 Å². The first-order valence-corrected chi connectivity index (χ1v) is 5.93. The molecule has 0 aliphatic carbocycles. The number of ether oxygens (including phenoxy) is 1. The third-order valence-corrected chi connectivity index (χ3v) is 2.59. The lowest BCUT2D eigenvalue weighted by atomic mass is 10.1. The number of carbonyl (C=O) groups is 1. The molecule has 0 amide bonds. The summed E-state index contributed by atoms with van der Waals surface area (Å²) < 4.78 is 5.36. The maximum Gasteiger partial charge on any atom is 0.335 e. The van der Waals surface area contributed by atoms with E-state index in [1.165, 1.54) is 6.26 Å². The second-order valence-corrected chi connectivity index (χ2v) is 4.04. The van der Waals surface area contributed by atoms with Crippen LogP contribution in [0.25, 0.3) is 0 Å². The molecule has 0 atom stereocenters. The van der Waals surface area contributed by atoms with Crippen molar-refractivity contribution in [3.63, 3.8) is 0 Å². The van der Waals surface area contributed by atoms with Crippen LogP contribution in [0.1, 0.15) is 5.56 Å². The summed E-state index contributed by atoms with van der Waals surface area (Å²) in [4.78, 5) is 11.2. The van der Waals surface area contributed by atoms with Crippen molar-refractivity contribution in [1.29, 1.82) is 0 Å². The van der Waals surface area contributed by atoms with E-state index in [4.69, 9.17) is 9.84 Å². The smallest absolute Gasteiger partial charge is 0.335 e. The molecule has 3 heteroatoms. The van der Waals surface area contributed by atoms with Crippen LogP contribution in [0.5, 0.6) is 5.75 Å². The van der Waals surface area contributed by atoms with Crippen molar-refractivity contribution in [3.8, 4) is 5.75 Å². The normalized spacial score (nSPS) is 11.1. The summed E-state index contributed by atoms with van der Waals surface area (Å²) in [5, 5.41) is 9.16. The van der Waals surface area contributed by atoms with E-state index in [9.17, 15) is 4.79 Å². The van der Waals surface area contributed by atoms with Gasteiger partial charge in [-0.2, -0.15) is 0 Å². The Labute approximate surface area is 111 Å². The first-order valence-electron chi connectivity index (χ1n) is 5.93. The quantitative estimate of drug-likeness (QED) is 0.658. The van der Waals surface area contributed by atoms with Crippen molar-refractivity contribution < 1.29 is 14.6 Å². The minimum absolute atomic E-state index is 0.218. The Morgan fingerprint density at radius 1 is 1.00 bits per heavy atom. The molecule has 0 radical (unpaired) electrons. The average molecular weight is 254 g/mol. The predicted octanol–water partition coefficient (Wildman–Crippen LogP) is 3.28. The topological polar surface area (TPSA) is 46.5 Å². The van der Waals surface area contributed by atoms with E-state index >= 15 is 0 Å². The lowest BCUT2D eigenvalue weighted by Gasteiger charge is -2.04. The van der Waals surface area contributed by atoms with Crippen molar-refractivity contribution in [3.05, 3.63) is 78.1 Å². The van der Waals surface area contributed by atoms with Gasteiger partial charge in [0.05, 0.1) is 5.57 Å². The van der Waals surface area contributed by atoms with E-state index < -0.39 is 5.97 Å². The second kappa shape index (κ2) is 6.40. The summed E-state index contributed by atoms with van der Waals surface area (Å²) >= 11 is 0. The van der Waals surface area contributed by atoms with E-state index in [0.29, 0.717) is 12.2 Å². The fourth-order valence-electron chi connectivity index (χ4n) is 1.62. The van der Waals surface area contributed by atoms with Gasteiger partial charge >= 0.3 is 5.97 Å². The van der Waals surface area contributed by atoms with Gasteiger partial charge in [-0.1, -0.05) is 48.5 Å². The Bertz CT molecular complexity index is 559. The number of hydrogen-bond donors (Lipinski definition) is 1. The molecule has 2 rings (SSSR count). The van der Waals surface area contributed by atoms with Crippen LogP contribution >= 0.6 is 0 Å². The highest BCUT2D eigenvalue weighted by Gasteiger charge is 2.09. The molecule has 2 aromatic rings. The van der Waals surface area contributed by atoms with Crippen LogP contribution in [0.4, 0.5) is 0 Å². The molecule has 0 bridgehead atoms. The van der Waals surface area contributed by atoms with Gasteiger partial charge in [0.1, 0.15) is 12.0 Å². The largest absolute Gasteiger partial charge is 0.478 e. The van der Waals surface area contributed by atoms with E-state index in [1.807, 2.05) is 48.5 Å². The van der Waals surface area contributed by atoms with Gasteiger partial charge in [0.15, 0.2) is 0 Å². The molecule has 0 heterocycles. The zero-order valence-electron chi connectivity index (χ0n) is 10.3. The summed E-state index contributed by atoms with van der Waals surface area (Å²) in [6, 6.07) is 18.5. The summed E-state index contributed by atoms with van der Waals surface area (Å²) in [6.45, 7) is 0. The van der Waals surface area contributed by atoms with Crippen LogP contribution in [0.3, 0.4) is 0 Å². The van der Waals surface area contributed by atoms with Crippen molar-refractivity contribution in [2.45, 2.75) is 6.42 Å². The molecule has 0 aliphatic rings. The number of hydrogen-bond acceptors (Lipinski definition) is 2. The third kappa shape index (κ3) is 4.00. The highest BCUT2D eigenvalue weighted by molar-refractivity contribution is 5.86. The Kier molecular flexibility index (Phi) is 4.34. The fraction of sp³-hybridized carbons (Fsp3) is 0.0625. The minimum atomic E-state index is -0.972. The van der Waals surface area contributed by atoms with Gasteiger partial charge in [-0.3, -0.25) is 0 Å². The van der Waals surface area contributed by atoms with Crippen LogP contribution in [0, 0.1) is 0 Å². The molecular formula is C16H14O3. The molecule has 2 aromatic carbocycles. The zero-order valence-corrected chi connectivity index (χ0v) is 10.3. The summed E-state index contributed by atoms with van der Waals surface area (Å²) in [7, 11) is 0. The minimum Gasteiger partial charge on any atom is -0.478 e. The molecule has 0 spiro atoms. The van der Waals surface area contributed by atoms with Crippen molar-refractivity contribution in [1.82, 2.24) is 0 Å². The second-order valence-electron chi connectivity index (χ2n) is 4.04. The van der Waals surface area contributed by atoms with E-state index in [2.05, 4.69) is 0 Å². The summed E-state index contributed by atoms with van der Waals surface area (Å²) in [6.07, 6.45) is 1.63. The van der Waals surface area contributed by atoms with E-state index in [-0.39, 0.29) is 5.57 Å². The highest BCUT2D eigenvalue weighted by Crippen LogP contribution is 2.12. The lowest BCUT2D eigenvalue weighted by Crippen LogP contribution is -2.05. The van der Waals surface area contributed by atoms with Crippen LogP contribution in [-0.2, 0) is 11.2 Å². The molecule has 0 aromatic heterocycles. The molecule has 0 fully saturated rings. The van der Waals surface area contributed by atoms with Gasteiger partial charge in [-0.15, -0.1) is 0 Å². The molecule has 0 saturated heterocycles. The summed E-state index contributed by atoms with van der Waals surface area (Å²) in [5.41, 5.74) is 1.16. The van der Waals surface area contributed by atoms with Crippen LogP contribution in [-0.4, -0.2) is 11.1 Å². The first-order chi connectivity index (χ1) is 9.25. The zero-order chi connectivity index (χ0) is 13.5. The highest BCUT2D eigenvalue weighted by atomic mass is 16.5. The Morgan fingerprint density at radius 2 is 1.58 bits per heavy atom. The monoisotopic (exact) mass is 254 g/mol. The van der Waals surface area contributed by atoms with Gasteiger partial charge in [0, 0.05) is 6.42 Å². The lowest BCUT2D eigenvalue weighted by molar-refractivity contribution is -0.132. The van der Waals surface area contributed by atoms with Gasteiger partial charge in [0.25, 0.3) is 0 Å². The maximum atomic E-state index is 11.2. The number of para-hydroxylation sites is 1. The van der Waals surface area contributed by atoms with Crippen LogP contribution in [0.15, 0.2) is 72.5 Å². The Morgan fingerprint density at radius 3 is 2.16 bits per heavy atom. The first kappa shape index (κ1) is 12.9. The number of aliphatic carboxylic acids is 1. The molecular weight excluding hydrogens is 240 g/mol. The van der Waals surface area contributed by atoms with Gasteiger partial charge in [-0.25, -0.2) is 4.79 Å². The molecule has 96 valence electrons. The number of carboxylic acids is 1. The van der Waals surface area contributed by atoms with Gasteiger partial charge < -0.3 is 9.84 Å². The predicted molar refractivity (Wildman–Crippen MR) is 72.9 cm³/mol. The van der Waals surface area contributed by atoms with Gasteiger partial charge in [-0.05, 0) is 17.7 Å². The van der Waals surface area contributed by atoms with E-state index in [1.54, 1.807) is 12.1 Å². The molecule has 3 nitrogen and oxygen atoms in total. The molecule has 0 saturated carbocycles. The van der Waals surface area contributed by atoms with Crippen molar-refractivity contribution in [2.75, 3.05) is 0 Å². The third-order valence-electron chi connectivity index (χ3n) is 2.59. The molecule has 0 aliphatic heterocycles. The van der Waals surface area contributed by atoms with E-state index in [0.717, 1.165) is 5.56 Å². The Balaban J connectivity index is 2.10. The SMILES string of the molecule is O=C(O)C(=COc1ccccc1)Cc1ccccc1. The maximum absolute atomic E-state index is 11.2.